The van der Waals surface area contributed by atoms with Gasteiger partial charge in [0.25, 0.3) is 0 Å². The molecule has 18 heavy (non-hydrogen) atoms. The average Bonchev–Trinajstić information content (AvgIpc) is 2.55. The standard InChI is InChI=1S/C14H30N2O2/c1-11(2)7-14(5-6-17)8-13(9-15)18-16(14)10-12(3)4/h11-13,17H,5-10,15H2,1-4H3/t13-,14?/m1/s1. The highest BCUT2D eigenvalue weighted by atomic mass is 16.7. The zero-order valence-corrected chi connectivity index (χ0v) is 12.4. The fraction of sp³-hybridized carbons (Fsp3) is 1.00. The number of nitrogens with zero attached hydrogens (tertiary/aromatic N) is 1. The Morgan fingerprint density at radius 2 is 2.00 bits per heavy atom. The van der Waals surface area contributed by atoms with E-state index in [4.69, 9.17) is 10.6 Å². The van der Waals surface area contributed by atoms with Gasteiger partial charge in [-0.2, -0.15) is 5.06 Å². The van der Waals surface area contributed by atoms with Crippen molar-refractivity contribution in [1.82, 2.24) is 5.06 Å². The van der Waals surface area contributed by atoms with Crippen molar-refractivity contribution in [3.8, 4) is 0 Å². The van der Waals surface area contributed by atoms with Crippen LogP contribution in [-0.4, -0.2) is 41.5 Å². The van der Waals surface area contributed by atoms with Crippen LogP contribution in [0.5, 0.6) is 0 Å². The Labute approximate surface area is 111 Å². The van der Waals surface area contributed by atoms with E-state index in [-0.39, 0.29) is 18.2 Å². The van der Waals surface area contributed by atoms with Crippen LogP contribution < -0.4 is 5.73 Å². The van der Waals surface area contributed by atoms with Crippen LogP contribution in [0, 0.1) is 11.8 Å². The summed E-state index contributed by atoms with van der Waals surface area (Å²) in [6, 6.07) is 0. The van der Waals surface area contributed by atoms with Crippen LogP contribution in [0.4, 0.5) is 0 Å². The first-order chi connectivity index (χ1) is 8.43. The summed E-state index contributed by atoms with van der Waals surface area (Å²) in [5, 5.41) is 11.5. The molecule has 1 fully saturated rings. The zero-order chi connectivity index (χ0) is 13.8. The van der Waals surface area contributed by atoms with Gasteiger partial charge in [0.05, 0.1) is 11.6 Å². The minimum Gasteiger partial charge on any atom is -0.396 e. The number of aliphatic hydroxyl groups excluding tert-OH is 1. The third-order valence-corrected chi connectivity index (χ3v) is 3.57. The molecule has 1 rings (SSSR count). The second-order valence-corrected chi connectivity index (χ2v) is 6.42. The van der Waals surface area contributed by atoms with E-state index in [1.54, 1.807) is 0 Å². The van der Waals surface area contributed by atoms with Gasteiger partial charge in [-0.05, 0) is 31.1 Å². The monoisotopic (exact) mass is 258 g/mol. The smallest absolute Gasteiger partial charge is 0.0933 e. The SMILES string of the molecule is CC(C)CN1O[C@@H](CN)CC1(CCO)CC(C)C. The summed E-state index contributed by atoms with van der Waals surface area (Å²) in [5.74, 6) is 1.14. The van der Waals surface area contributed by atoms with Crippen molar-refractivity contribution in [3.63, 3.8) is 0 Å². The molecular weight excluding hydrogens is 228 g/mol. The van der Waals surface area contributed by atoms with Gasteiger partial charge in [0.1, 0.15) is 0 Å². The van der Waals surface area contributed by atoms with Crippen LogP contribution in [0.25, 0.3) is 0 Å². The van der Waals surface area contributed by atoms with E-state index in [2.05, 4.69) is 32.8 Å². The lowest BCUT2D eigenvalue weighted by Gasteiger charge is -2.38. The first-order valence-corrected chi connectivity index (χ1v) is 7.19. The fourth-order valence-corrected chi connectivity index (χ4v) is 3.03. The molecule has 0 spiro atoms. The second kappa shape index (κ2) is 6.85. The lowest BCUT2D eigenvalue weighted by molar-refractivity contribution is -0.197. The van der Waals surface area contributed by atoms with Crippen molar-refractivity contribution in [1.29, 1.82) is 0 Å². The van der Waals surface area contributed by atoms with Gasteiger partial charge >= 0.3 is 0 Å². The quantitative estimate of drug-likeness (QED) is 0.731. The third kappa shape index (κ3) is 3.92. The summed E-state index contributed by atoms with van der Waals surface area (Å²) >= 11 is 0. The third-order valence-electron chi connectivity index (χ3n) is 3.57. The topological polar surface area (TPSA) is 58.7 Å². The number of hydroxylamine groups is 2. The molecule has 4 nitrogen and oxygen atoms in total. The van der Waals surface area contributed by atoms with Crippen molar-refractivity contribution < 1.29 is 9.94 Å². The largest absolute Gasteiger partial charge is 0.396 e. The Balaban J connectivity index is 2.85. The van der Waals surface area contributed by atoms with Gasteiger partial charge in [-0.3, -0.25) is 4.84 Å². The van der Waals surface area contributed by atoms with Crippen LogP contribution in [0.15, 0.2) is 0 Å². The van der Waals surface area contributed by atoms with E-state index < -0.39 is 0 Å². The molecule has 0 saturated carbocycles. The van der Waals surface area contributed by atoms with Gasteiger partial charge < -0.3 is 10.8 Å². The first kappa shape index (κ1) is 15.9. The Morgan fingerprint density at radius 3 is 2.44 bits per heavy atom. The number of rotatable bonds is 7. The molecular formula is C14H30N2O2. The van der Waals surface area contributed by atoms with Crippen LogP contribution in [0.2, 0.25) is 0 Å². The molecule has 0 bridgehead atoms. The predicted octanol–water partition coefficient (Wildman–Crippen LogP) is 1.77. The molecule has 4 heteroatoms. The Morgan fingerprint density at radius 1 is 1.33 bits per heavy atom. The molecule has 1 heterocycles. The summed E-state index contributed by atoms with van der Waals surface area (Å²) in [7, 11) is 0. The Hall–Kier alpha value is -0.160. The van der Waals surface area contributed by atoms with E-state index in [0.717, 1.165) is 25.8 Å². The first-order valence-electron chi connectivity index (χ1n) is 7.19. The highest BCUT2D eigenvalue weighted by molar-refractivity contribution is 4.95. The molecule has 1 aliphatic rings. The second-order valence-electron chi connectivity index (χ2n) is 6.42. The number of hydrogen-bond acceptors (Lipinski definition) is 4. The normalized spacial score (nSPS) is 29.7. The van der Waals surface area contributed by atoms with E-state index in [1.807, 2.05) is 0 Å². The molecule has 0 aromatic rings. The summed E-state index contributed by atoms with van der Waals surface area (Å²) in [4.78, 5) is 5.99. The summed E-state index contributed by atoms with van der Waals surface area (Å²) < 4.78 is 0. The van der Waals surface area contributed by atoms with Crippen molar-refractivity contribution in [2.24, 2.45) is 17.6 Å². The summed E-state index contributed by atoms with van der Waals surface area (Å²) in [6.45, 7) is 10.5. The van der Waals surface area contributed by atoms with Gasteiger partial charge in [-0.1, -0.05) is 27.7 Å². The van der Waals surface area contributed by atoms with Crippen molar-refractivity contribution >= 4 is 0 Å². The molecule has 0 aromatic carbocycles. The van der Waals surface area contributed by atoms with Crippen LogP contribution in [0.1, 0.15) is 47.0 Å². The minimum atomic E-state index is -0.0305. The highest BCUT2D eigenvalue weighted by Crippen LogP contribution is 2.39. The van der Waals surface area contributed by atoms with Crippen LogP contribution >= 0.6 is 0 Å². The van der Waals surface area contributed by atoms with Gasteiger partial charge in [-0.25, -0.2) is 0 Å². The minimum absolute atomic E-state index is 0.0305. The molecule has 0 aromatic heterocycles. The predicted molar refractivity (Wildman–Crippen MR) is 74.0 cm³/mol. The van der Waals surface area contributed by atoms with Crippen molar-refractivity contribution in [2.45, 2.75) is 58.6 Å². The average molecular weight is 258 g/mol. The van der Waals surface area contributed by atoms with Gasteiger partial charge in [-0.15, -0.1) is 0 Å². The lowest BCUT2D eigenvalue weighted by atomic mass is 9.81. The molecule has 0 amide bonds. The Bertz CT molecular complexity index is 246. The molecule has 0 radical (unpaired) electrons. The summed E-state index contributed by atoms with van der Waals surface area (Å²) in [6.07, 6.45) is 2.87. The fourth-order valence-electron chi connectivity index (χ4n) is 3.03. The lowest BCUT2D eigenvalue weighted by Crippen LogP contribution is -2.46. The van der Waals surface area contributed by atoms with E-state index in [9.17, 15) is 5.11 Å². The number of aliphatic hydroxyl groups is 1. The maximum absolute atomic E-state index is 9.40. The molecule has 2 atom stereocenters. The number of nitrogens with two attached hydrogens (primary N) is 1. The van der Waals surface area contributed by atoms with Crippen molar-refractivity contribution in [2.75, 3.05) is 19.7 Å². The van der Waals surface area contributed by atoms with Crippen LogP contribution in [0.3, 0.4) is 0 Å². The molecule has 1 aliphatic heterocycles. The van der Waals surface area contributed by atoms with Crippen LogP contribution in [-0.2, 0) is 4.84 Å². The Kier molecular flexibility index (Phi) is 6.05. The van der Waals surface area contributed by atoms with E-state index in [1.165, 1.54) is 0 Å². The molecule has 108 valence electrons. The molecule has 1 unspecified atom stereocenters. The van der Waals surface area contributed by atoms with Crippen molar-refractivity contribution in [3.05, 3.63) is 0 Å². The maximum Gasteiger partial charge on any atom is 0.0933 e. The highest BCUT2D eigenvalue weighted by Gasteiger charge is 2.46. The van der Waals surface area contributed by atoms with E-state index in [0.29, 0.717) is 18.4 Å². The number of hydrogen-bond donors (Lipinski definition) is 2. The van der Waals surface area contributed by atoms with Gasteiger partial charge in [0.15, 0.2) is 0 Å². The maximum atomic E-state index is 9.40. The molecule has 1 saturated heterocycles. The molecule has 3 N–H and O–H groups in total. The summed E-state index contributed by atoms with van der Waals surface area (Å²) in [5.41, 5.74) is 5.73. The van der Waals surface area contributed by atoms with Gasteiger partial charge in [0.2, 0.25) is 0 Å². The van der Waals surface area contributed by atoms with E-state index >= 15 is 0 Å². The molecule has 0 aliphatic carbocycles. The van der Waals surface area contributed by atoms with Gasteiger partial charge in [0, 0.05) is 19.7 Å². The zero-order valence-electron chi connectivity index (χ0n) is 12.4.